The third-order valence-electron chi connectivity index (χ3n) is 4.72. The van der Waals surface area contributed by atoms with E-state index < -0.39 is 17.7 Å². The molecule has 1 aromatic heterocycles. The Kier molecular flexibility index (Phi) is 5.44. The van der Waals surface area contributed by atoms with Crippen molar-refractivity contribution in [1.29, 1.82) is 0 Å². The van der Waals surface area contributed by atoms with E-state index in [0.717, 1.165) is 23.4 Å². The molecule has 0 saturated heterocycles. The molecular weight excluding hydrogens is 364 g/mol. The number of halogens is 2. The molecule has 0 saturated carbocycles. The number of amides is 1. The Morgan fingerprint density at radius 3 is 2.57 bits per heavy atom. The van der Waals surface area contributed by atoms with Crippen molar-refractivity contribution < 1.29 is 18.3 Å². The lowest BCUT2D eigenvalue weighted by Crippen LogP contribution is -2.30. The van der Waals surface area contributed by atoms with Gasteiger partial charge in [-0.2, -0.15) is 5.10 Å². The molecule has 28 heavy (non-hydrogen) atoms. The summed E-state index contributed by atoms with van der Waals surface area (Å²) in [6.45, 7) is 3.70. The van der Waals surface area contributed by atoms with Crippen molar-refractivity contribution >= 4 is 5.91 Å². The van der Waals surface area contributed by atoms with Gasteiger partial charge in [0.05, 0.1) is 13.2 Å². The smallest absolute Gasteiger partial charge is 0.274 e. The summed E-state index contributed by atoms with van der Waals surface area (Å²) in [6, 6.07) is 10.4. The number of methoxy groups -OCH3 is 1. The van der Waals surface area contributed by atoms with E-state index in [2.05, 4.69) is 5.10 Å². The quantitative estimate of drug-likeness (QED) is 0.658. The van der Waals surface area contributed by atoms with Crippen LogP contribution >= 0.6 is 0 Å². The molecule has 0 fully saturated rings. The van der Waals surface area contributed by atoms with Crippen LogP contribution in [-0.4, -0.2) is 34.7 Å². The van der Waals surface area contributed by atoms with Crippen molar-refractivity contribution in [3.05, 3.63) is 77.1 Å². The molecule has 0 aliphatic carbocycles. The molecule has 7 heteroatoms. The van der Waals surface area contributed by atoms with E-state index in [4.69, 9.17) is 4.74 Å². The molecule has 1 atom stereocenters. The normalized spacial score (nSPS) is 11.9. The molecule has 1 amide bonds. The van der Waals surface area contributed by atoms with Gasteiger partial charge in [0.15, 0.2) is 17.3 Å². The summed E-state index contributed by atoms with van der Waals surface area (Å²) in [7, 11) is 3.17. The minimum Gasteiger partial charge on any atom is -0.494 e. The second kappa shape index (κ2) is 7.80. The number of aryl methyl sites for hydroxylation is 1. The van der Waals surface area contributed by atoms with Gasteiger partial charge < -0.3 is 9.64 Å². The molecule has 3 rings (SSSR count). The first kappa shape index (κ1) is 19.5. The Hall–Kier alpha value is -3.22. The average molecular weight is 385 g/mol. The lowest BCUT2D eigenvalue weighted by Gasteiger charge is -2.24. The van der Waals surface area contributed by atoms with Crippen LogP contribution < -0.4 is 4.74 Å². The fraction of sp³-hybridized carbons (Fsp3) is 0.238. The van der Waals surface area contributed by atoms with Gasteiger partial charge in [-0.05, 0) is 55.3 Å². The number of aromatic nitrogens is 2. The SMILES string of the molecule is COc1ccc(C)cc1-n1ccc(C(=O)N(C)C(C)c2ccc(F)c(F)c2)n1. The van der Waals surface area contributed by atoms with Crippen LogP contribution in [0.2, 0.25) is 0 Å². The fourth-order valence-electron chi connectivity index (χ4n) is 2.90. The zero-order valence-corrected chi connectivity index (χ0v) is 16.1. The van der Waals surface area contributed by atoms with Crippen LogP contribution in [0.1, 0.15) is 34.6 Å². The highest BCUT2D eigenvalue weighted by atomic mass is 19.2. The number of nitrogens with zero attached hydrogens (tertiary/aromatic N) is 3. The minimum atomic E-state index is -0.944. The number of hydrogen-bond acceptors (Lipinski definition) is 3. The molecule has 0 aliphatic rings. The Bertz CT molecular complexity index is 1020. The average Bonchev–Trinajstić information content (AvgIpc) is 3.18. The van der Waals surface area contributed by atoms with E-state index in [1.165, 1.54) is 11.0 Å². The van der Waals surface area contributed by atoms with Crippen molar-refractivity contribution in [2.24, 2.45) is 0 Å². The summed E-state index contributed by atoms with van der Waals surface area (Å²) in [4.78, 5) is 14.3. The Labute approximate surface area is 162 Å². The second-order valence-electron chi connectivity index (χ2n) is 6.59. The van der Waals surface area contributed by atoms with Crippen LogP contribution in [0, 0.1) is 18.6 Å². The van der Waals surface area contributed by atoms with E-state index in [9.17, 15) is 13.6 Å². The lowest BCUT2D eigenvalue weighted by molar-refractivity contribution is 0.0736. The van der Waals surface area contributed by atoms with E-state index >= 15 is 0 Å². The predicted molar refractivity (Wildman–Crippen MR) is 102 cm³/mol. The number of carbonyl (C=O) groups is 1. The highest BCUT2D eigenvalue weighted by molar-refractivity contribution is 5.92. The van der Waals surface area contributed by atoms with Crippen molar-refractivity contribution in [1.82, 2.24) is 14.7 Å². The second-order valence-corrected chi connectivity index (χ2v) is 6.59. The first-order valence-electron chi connectivity index (χ1n) is 8.74. The molecule has 0 aliphatic heterocycles. The third kappa shape index (κ3) is 3.74. The highest BCUT2D eigenvalue weighted by Gasteiger charge is 2.22. The molecule has 0 bridgehead atoms. The predicted octanol–water partition coefficient (Wildman–Crippen LogP) is 4.30. The Morgan fingerprint density at radius 2 is 1.89 bits per heavy atom. The maximum atomic E-state index is 13.5. The molecule has 3 aromatic rings. The molecule has 1 heterocycles. The topological polar surface area (TPSA) is 47.4 Å². The van der Waals surface area contributed by atoms with Crippen LogP contribution in [0.3, 0.4) is 0 Å². The first-order valence-corrected chi connectivity index (χ1v) is 8.74. The Morgan fingerprint density at radius 1 is 1.14 bits per heavy atom. The highest BCUT2D eigenvalue weighted by Crippen LogP contribution is 2.25. The van der Waals surface area contributed by atoms with Crippen molar-refractivity contribution in [2.75, 3.05) is 14.2 Å². The van der Waals surface area contributed by atoms with E-state index in [-0.39, 0.29) is 11.6 Å². The molecule has 0 spiro atoms. The summed E-state index contributed by atoms with van der Waals surface area (Å²) < 4.78 is 33.6. The summed E-state index contributed by atoms with van der Waals surface area (Å²) >= 11 is 0. The Balaban J connectivity index is 1.85. The van der Waals surface area contributed by atoms with Crippen LogP contribution in [0.25, 0.3) is 5.69 Å². The molecule has 0 radical (unpaired) electrons. The summed E-state index contributed by atoms with van der Waals surface area (Å²) in [5.74, 6) is -1.56. The number of ether oxygens (including phenoxy) is 1. The van der Waals surface area contributed by atoms with Crippen LogP contribution in [0.5, 0.6) is 5.75 Å². The van der Waals surface area contributed by atoms with Crippen molar-refractivity contribution in [2.45, 2.75) is 19.9 Å². The third-order valence-corrected chi connectivity index (χ3v) is 4.72. The summed E-state index contributed by atoms with van der Waals surface area (Å²) in [5, 5.41) is 4.37. The van der Waals surface area contributed by atoms with Crippen LogP contribution in [-0.2, 0) is 0 Å². The van der Waals surface area contributed by atoms with Gasteiger partial charge in [0, 0.05) is 13.2 Å². The number of carbonyl (C=O) groups excluding carboxylic acids is 1. The molecule has 2 aromatic carbocycles. The molecular formula is C21H21F2N3O2. The van der Waals surface area contributed by atoms with Gasteiger partial charge in [-0.25, -0.2) is 13.5 Å². The van der Waals surface area contributed by atoms with Gasteiger partial charge in [-0.15, -0.1) is 0 Å². The van der Waals surface area contributed by atoms with E-state index in [0.29, 0.717) is 11.3 Å². The first-order chi connectivity index (χ1) is 13.3. The summed E-state index contributed by atoms with van der Waals surface area (Å²) in [6.07, 6.45) is 1.68. The van der Waals surface area contributed by atoms with Crippen molar-refractivity contribution in [3.63, 3.8) is 0 Å². The van der Waals surface area contributed by atoms with E-state index in [1.807, 2.05) is 25.1 Å². The molecule has 146 valence electrons. The maximum Gasteiger partial charge on any atom is 0.274 e. The van der Waals surface area contributed by atoms with Crippen LogP contribution in [0.4, 0.5) is 8.78 Å². The van der Waals surface area contributed by atoms with Gasteiger partial charge in [0.1, 0.15) is 11.4 Å². The van der Waals surface area contributed by atoms with Crippen LogP contribution in [0.15, 0.2) is 48.7 Å². The number of hydrogen-bond donors (Lipinski definition) is 0. The standard InChI is InChI=1S/C21H21F2N3O2/c1-13-5-8-20(28-4)19(11-13)26-10-9-18(24-26)21(27)25(3)14(2)15-6-7-16(22)17(23)12-15/h5-12,14H,1-4H3. The fourth-order valence-corrected chi connectivity index (χ4v) is 2.90. The van der Waals surface area contributed by atoms with Gasteiger partial charge in [-0.1, -0.05) is 12.1 Å². The zero-order valence-electron chi connectivity index (χ0n) is 16.1. The molecule has 1 unspecified atom stereocenters. The van der Waals surface area contributed by atoms with Gasteiger partial charge >= 0.3 is 0 Å². The minimum absolute atomic E-state index is 0.237. The monoisotopic (exact) mass is 385 g/mol. The lowest BCUT2D eigenvalue weighted by atomic mass is 10.1. The number of benzene rings is 2. The largest absolute Gasteiger partial charge is 0.494 e. The molecule has 0 N–H and O–H groups in total. The molecule has 5 nitrogen and oxygen atoms in total. The van der Waals surface area contributed by atoms with Crippen molar-refractivity contribution in [3.8, 4) is 11.4 Å². The maximum absolute atomic E-state index is 13.5. The number of rotatable bonds is 5. The van der Waals surface area contributed by atoms with Gasteiger partial charge in [0.25, 0.3) is 5.91 Å². The van der Waals surface area contributed by atoms with Gasteiger partial charge in [-0.3, -0.25) is 4.79 Å². The van der Waals surface area contributed by atoms with Gasteiger partial charge in [0.2, 0.25) is 0 Å². The summed E-state index contributed by atoms with van der Waals surface area (Å²) in [5.41, 5.74) is 2.48. The van der Waals surface area contributed by atoms with E-state index in [1.54, 1.807) is 38.0 Å². The zero-order chi connectivity index (χ0) is 20.4.